The molecule has 0 heterocycles. The van der Waals surface area contributed by atoms with Gasteiger partial charge in [-0.1, -0.05) is 63.3 Å². The molecule has 2 heteroatoms. The molecule has 2 fully saturated rings. The van der Waals surface area contributed by atoms with Crippen molar-refractivity contribution in [3.8, 4) is 0 Å². The number of hydrogen-bond acceptors (Lipinski definition) is 2. The van der Waals surface area contributed by atoms with Crippen molar-refractivity contribution in [1.82, 2.24) is 0 Å². The van der Waals surface area contributed by atoms with Crippen LogP contribution in [0.2, 0.25) is 0 Å². The van der Waals surface area contributed by atoms with Gasteiger partial charge in [-0.25, -0.2) is 0 Å². The van der Waals surface area contributed by atoms with Crippen LogP contribution < -0.4 is 11.5 Å². The molecule has 4 N–H and O–H groups in total. The van der Waals surface area contributed by atoms with Crippen molar-refractivity contribution < 1.29 is 0 Å². The van der Waals surface area contributed by atoms with Crippen molar-refractivity contribution in [3.05, 3.63) is 59.7 Å². The average molecular weight is 405 g/mol. The zero-order chi connectivity index (χ0) is 21.0. The van der Waals surface area contributed by atoms with E-state index in [1.54, 1.807) is 0 Å². The number of nitrogen functional groups attached to an aromatic ring is 2. The number of anilines is 2. The Labute approximate surface area is 183 Å². The second-order valence-electron chi connectivity index (χ2n) is 10.1. The van der Waals surface area contributed by atoms with Crippen molar-refractivity contribution in [1.29, 1.82) is 0 Å². The van der Waals surface area contributed by atoms with E-state index in [4.69, 9.17) is 11.5 Å². The molecule has 2 saturated carbocycles. The molecular weight excluding hydrogens is 364 g/mol. The lowest BCUT2D eigenvalue weighted by atomic mass is 9.60. The number of hydrogen-bond donors (Lipinski definition) is 2. The third kappa shape index (κ3) is 4.53. The first-order chi connectivity index (χ1) is 14.6. The molecule has 0 amide bonds. The predicted octanol–water partition coefficient (Wildman–Crippen LogP) is 7.32. The van der Waals surface area contributed by atoms with Gasteiger partial charge in [0.2, 0.25) is 0 Å². The Bertz CT molecular complexity index is 729. The van der Waals surface area contributed by atoms with Gasteiger partial charge in [-0.05, 0) is 91.7 Å². The maximum Gasteiger partial charge on any atom is 0.0314 e. The first kappa shape index (κ1) is 21.3. The zero-order valence-corrected chi connectivity index (χ0v) is 18.8. The molecule has 0 unspecified atom stereocenters. The monoisotopic (exact) mass is 404 g/mol. The molecular formula is C28H40N2. The Kier molecular flexibility index (Phi) is 6.71. The van der Waals surface area contributed by atoms with Crippen molar-refractivity contribution in [3.63, 3.8) is 0 Å². The minimum absolute atomic E-state index is 0.107. The summed E-state index contributed by atoms with van der Waals surface area (Å²) in [4.78, 5) is 0. The maximum atomic E-state index is 6.00. The Hall–Kier alpha value is -1.96. The van der Waals surface area contributed by atoms with Gasteiger partial charge in [0.25, 0.3) is 0 Å². The van der Waals surface area contributed by atoms with Gasteiger partial charge >= 0.3 is 0 Å². The Morgan fingerprint density at radius 3 is 1.63 bits per heavy atom. The van der Waals surface area contributed by atoms with Crippen molar-refractivity contribution in [2.45, 2.75) is 83.0 Å². The Morgan fingerprint density at radius 1 is 0.700 bits per heavy atom. The van der Waals surface area contributed by atoms with Crippen LogP contribution in [0.5, 0.6) is 0 Å². The molecule has 2 aliphatic carbocycles. The van der Waals surface area contributed by atoms with E-state index in [1.165, 1.54) is 81.8 Å². The smallest absolute Gasteiger partial charge is 0.0314 e. The fourth-order valence-electron chi connectivity index (χ4n) is 6.39. The van der Waals surface area contributed by atoms with Crippen LogP contribution >= 0.6 is 0 Å². The summed E-state index contributed by atoms with van der Waals surface area (Å²) in [6, 6.07) is 17.3. The number of nitrogens with two attached hydrogens (primary N) is 2. The standard InChI is InChI=1S/C28H40N2/c1-2-3-4-21-5-7-22(8-6-21)23-17-19-28(20-18-23,24-9-13-26(29)14-10-24)25-11-15-27(30)16-12-25/h9-16,21-23H,2-8,17-20,29-30H2,1H3/t21-,22-. The van der Waals surface area contributed by atoms with Crippen molar-refractivity contribution in [2.24, 2.45) is 17.8 Å². The predicted molar refractivity (Wildman–Crippen MR) is 129 cm³/mol. The van der Waals surface area contributed by atoms with Crippen LogP contribution in [0.25, 0.3) is 0 Å². The topological polar surface area (TPSA) is 52.0 Å². The highest BCUT2D eigenvalue weighted by molar-refractivity contribution is 5.49. The summed E-state index contributed by atoms with van der Waals surface area (Å²) in [5, 5.41) is 0. The second-order valence-corrected chi connectivity index (χ2v) is 10.1. The lowest BCUT2D eigenvalue weighted by Crippen LogP contribution is -2.36. The lowest BCUT2D eigenvalue weighted by Gasteiger charge is -2.44. The minimum Gasteiger partial charge on any atom is -0.399 e. The van der Waals surface area contributed by atoms with Gasteiger partial charge in [-0.15, -0.1) is 0 Å². The summed E-state index contributed by atoms with van der Waals surface area (Å²) in [5.41, 5.74) is 16.6. The normalized spacial score (nSPS) is 24.6. The Balaban J connectivity index is 1.47. The SMILES string of the molecule is CCCC[C@H]1CC[C@H](C2CCC(c3ccc(N)cc3)(c3ccc(N)cc3)CC2)CC1. The van der Waals surface area contributed by atoms with Crippen LogP contribution in [-0.4, -0.2) is 0 Å². The van der Waals surface area contributed by atoms with E-state index >= 15 is 0 Å². The van der Waals surface area contributed by atoms with E-state index in [1.807, 2.05) is 0 Å². The van der Waals surface area contributed by atoms with E-state index in [2.05, 4.69) is 55.5 Å². The van der Waals surface area contributed by atoms with E-state index in [-0.39, 0.29) is 5.41 Å². The highest BCUT2D eigenvalue weighted by Crippen LogP contribution is 2.50. The number of rotatable bonds is 6. The summed E-state index contributed by atoms with van der Waals surface area (Å²) < 4.78 is 0. The van der Waals surface area contributed by atoms with Gasteiger partial charge in [0.15, 0.2) is 0 Å². The molecule has 4 rings (SSSR count). The van der Waals surface area contributed by atoms with Gasteiger partial charge in [-0.2, -0.15) is 0 Å². The van der Waals surface area contributed by atoms with E-state index < -0.39 is 0 Å². The van der Waals surface area contributed by atoms with Crippen LogP contribution in [-0.2, 0) is 5.41 Å². The second kappa shape index (κ2) is 9.45. The molecule has 162 valence electrons. The van der Waals surface area contributed by atoms with Gasteiger partial charge < -0.3 is 11.5 Å². The van der Waals surface area contributed by atoms with Gasteiger partial charge in [0.05, 0.1) is 0 Å². The molecule has 0 bridgehead atoms. The molecule has 0 atom stereocenters. The third-order valence-electron chi connectivity index (χ3n) is 8.33. The molecule has 2 aromatic rings. The number of unbranched alkanes of at least 4 members (excludes halogenated alkanes) is 1. The summed E-state index contributed by atoms with van der Waals surface area (Å²) >= 11 is 0. The molecule has 0 saturated heterocycles. The summed E-state index contributed by atoms with van der Waals surface area (Å²) in [6.07, 6.45) is 15.3. The van der Waals surface area contributed by atoms with Gasteiger partial charge in [0.1, 0.15) is 0 Å². The first-order valence-corrected chi connectivity index (χ1v) is 12.3. The molecule has 0 aliphatic heterocycles. The highest BCUT2D eigenvalue weighted by Gasteiger charge is 2.40. The largest absolute Gasteiger partial charge is 0.399 e. The number of benzene rings is 2. The Morgan fingerprint density at radius 2 is 1.17 bits per heavy atom. The quantitative estimate of drug-likeness (QED) is 0.495. The third-order valence-corrected chi connectivity index (χ3v) is 8.33. The molecule has 30 heavy (non-hydrogen) atoms. The summed E-state index contributed by atoms with van der Waals surface area (Å²) in [7, 11) is 0. The summed E-state index contributed by atoms with van der Waals surface area (Å²) in [5.74, 6) is 2.87. The van der Waals surface area contributed by atoms with E-state index in [9.17, 15) is 0 Å². The molecule has 2 nitrogen and oxygen atoms in total. The highest BCUT2D eigenvalue weighted by atomic mass is 14.6. The van der Waals surface area contributed by atoms with Crippen molar-refractivity contribution in [2.75, 3.05) is 11.5 Å². The average Bonchev–Trinajstić information content (AvgIpc) is 2.79. The van der Waals surface area contributed by atoms with Crippen LogP contribution in [0.4, 0.5) is 11.4 Å². The van der Waals surface area contributed by atoms with Crippen molar-refractivity contribution >= 4 is 11.4 Å². The first-order valence-electron chi connectivity index (χ1n) is 12.3. The maximum absolute atomic E-state index is 6.00. The fourth-order valence-corrected chi connectivity index (χ4v) is 6.39. The summed E-state index contributed by atoms with van der Waals surface area (Å²) in [6.45, 7) is 2.32. The van der Waals surface area contributed by atoms with Gasteiger partial charge in [-0.3, -0.25) is 0 Å². The minimum atomic E-state index is 0.107. The van der Waals surface area contributed by atoms with Gasteiger partial charge in [0, 0.05) is 16.8 Å². The molecule has 2 aliphatic rings. The fraction of sp³-hybridized carbons (Fsp3) is 0.571. The van der Waals surface area contributed by atoms with Crippen LogP contribution in [0.1, 0.15) is 88.7 Å². The zero-order valence-electron chi connectivity index (χ0n) is 18.8. The van der Waals surface area contributed by atoms with Crippen LogP contribution in [0, 0.1) is 17.8 Å². The molecule has 0 spiro atoms. The van der Waals surface area contributed by atoms with Crippen LogP contribution in [0.15, 0.2) is 48.5 Å². The van der Waals surface area contributed by atoms with E-state index in [0.717, 1.165) is 29.1 Å². The molecule has 2 aromatic carbocycles. The van der Waals surface area contributed by atoms with E-state index in [0.29, 0.717) is 0 Å². The lowest BCUT2D eigenvalue weighted by molar-refractivity contribution is 0.140. The molecule has 0 radical (unpaired) electrons. The van der Waals surface area contributed by atoms with Crippen LogP contribution in [0.3, 0.4) is 0 Å². The molecule has 0 aromatic heterocycles.